The Labute approximate surface area is 287 Å². The summed E-state index contributed by atoms with van der Waals surface area (Å²) in [5, 5.41) is 7.86. The van der Waals surface area contributed by atoms with Crippen LogP contribution in [0.25, 0.3) is 0 Å². The molecule has 3 N–H and O–H groups in total. The number of ether oxygens (including phenoxy) is 3. The number of hydrogen-bond donors (Lipinski definition) is 3. The molecule has 0 radical (unpaired) electrons. The molecule has 0 atom stereocenters. The number of nitrogens with zero attached hydrogens (tertiary/aromatic N) is 4. The van der Waals surface area contributed by atoms with Gasteiger partial charge in [0.05, 0.1) is 39.3 Å². The van der Waals surface area contributed by atoms with Gasteiger partial charge in [0.15, 0.2) is 0 Å². The van der Waals surface area contributed by atoms with Crippen LogP contribution in [0.1, 0.15) is 19.3 Å². The molecule has 0 unspecified atom stereocenters. The van der Waals surface area contributed by atoms with E-state index < -0.39 is 35.4 Å². The molecule has 0 aromatic carbocycles. The van der Waals surface area contributed by atoms with Gasteiger partial charge in [-0.05, 0) is 0 Å². The summed E-state index contributed by atoms with van der Waals surface area (Å²) in [6.07, 6.45) is 7.07. The molecule has 0 fully saturated rings. The van der Waals surface area contributed by atoms with Crippen LogP contribution in [0.3, 0.4) is 0 Å². The lowest BCUT2D eigenvalue weighted by Crippen LogP contribution is -2.39. The minimum absolute atomic E-state index is 0.0158. The maximum Gasteiger partial charge on any atom is 0.253 e. The third-order valence-corrected chi connectivity index (χ3v) is 7.19. The normalized spacial score (nSPS) is 15.4. The van der Waals surface area contributed by atoms with Crippen molar-refractivity contribution < 1.29 is 57.4 Å². The summed E-state index contributed by atoms with van der Waals surface area (Å²) in [6, 6.07) is 0. The maximum atomic E-state index is 12.1. The fourth-order valence-corrected chi connectivity index (χ4v) is 4.49. The van der Waals surface area contributed by atoms with E-state index in [1.807, 2.05) is 0 Å². The molecule has 0 bridgehead atoms. The van der Waals surface area contributed by atoms with Crippen LogP contribution in [0.5, 0.6) is 0 Å². The first-order chi connectivity index (χ1) is 24.0. The van der Waals surface area contributed by atoms with Gasteiger partial charge in [-0.3, -0.25) is 62.8 Å². The van der Waals surface area contributed by atoms with E-state index in [0.717, 1.165) is 39.0 Å². The fourth-order valence-electron chi connectivity index (χ4n) is 4.49. The predicted octanol–water partition coefficient (Wildman–Crippen LogP) is -3.45. The smallest absolute Gasteiger partial charge is 0.253 e. The average Bonchev–Trinajstić information content (AvgIpc) is 3.71. The molecular formula is C31H41N7O12. The van der Waals surface area contributed by atoms with Gasteiger partial charge in [-0.1, -0.05) is 0 Å². The Balaban J connectivity index is 1.30. The number of carbonyl (C=O) groups excluding carboxylic acids is 9. The lowest BCUT2D eigenvalue weighted by Gasteiger charge is -2.22. The summed E-state index contributed by atoms with van der Waals surface area (Å²) >= 11 is 0. The Morgan fingerprint density at radius 2 is 0.780 bits per heavy atom. The summed E-state index contributed by atoms with van der Waals surface area (Å²) in [5.41, 5.74) is 0. The number of imide groups is 3. The van der Waals surface area contributed by atoms with E-state index in [2.05, 4.69) is 16.0 Å². The Bertz CT molecular complexity index is 1270. The zero-order valence-corrected chi connectivity index (χ0v) is 27.5. The van der Waals surface area contributed by atoms with Crippen LogP contribution in [0.4, 0.5) is 0 Å². The Kier molecular flexibility index (Phi) is 16.6. The van der Waals surface area contributed by atoms with Crippen LogP contribution in [0.15, 0.2) is 36.5 Å². The highest BCUT2D eigenvalue weighted by atomic mass is 16.5. The first-order valence-corrected chi connectivity index (χ1v) is 15.9. The highest BCUT2D eigenvalue weighted by molar-refractivity contribution is 6.14. The number of rotatable bonds is 25. The van der Waals surface area contributed by atoms with Gasteiger partial charge in [-0.25, -0.2) is 0 Å². The summed E-state index contributed by atoms with van der Waals surface area (Å²) in [4.78, 5) is 111. The van der Waals surface area contributed by atoms with Crippen molar-refractivity contribution in [1.82, 2.24) is 35.6 Å². The summed E-state index contributed by atoms with van der Waals surface area (Å²) in [6.45, 7) is 1.26. The van der Waals surface area contributed by atoms with Crippen molar-refractivity contribution in [2.75, 3.05) is 85.7 Å². The Hall–Kier alpha value is -5.11. The molecule has 3 aliphatic rings. The van der Waals surface area contributed by atoms with Gasteiger partial charge >= 0.3 is 0 Å². The summed E-state index contributed by atoms with van der Waals surface area (Å²) in [7, 11) is 0. The molecule has 0 aromatic heterocycles. The molecule has 0 aliphatic carbocycles. The van der Waals surface area contributed by atoms with Crippen molar-refractivity contribution in [3.8, 4) is 0 Å². The fraction of sp³-hybridized carbons (Fsp3) is 0.516. The van der Waals surface area contributed by atoms with E-state index in [0.29, 0.717) is 6.54 Å². The molecule has 9 amide bonds. The Morgan fingerprint density at radius 3 is 1.10 bits per heavy atom. The molecule has 0 aromatic rings. The molecular weight excluding hydrogens is 662 g/mol. The van der Waals surface area contributed by atoms with Gasteiger partial charge in [-0.15, -0.1) is 0 Å². The van der Waals surface area contributed by atoms with Crippen molar-refractivity contribution in [3.05, 3.63) is 36.5 Å². The second-order valence-corrected chi connectivity index (χ2v) is 10.9. The second-order valence-electron chi connectivity index (χ2n) is 10.9. The van der Waals surface area contributed by atoms with Gasteiger partial charge in [0, 0.05) is 88.7 Å². The van der Waals surface area contributed by atoms with Crippen LogP contribution in [-0.2, 0) is 57.4 Å². The van der Waals surface area contributed by atoms with Crippen LogP contribution < -0.4 is 16.0 Å². The van der Waals surface area contributed by atoms with Crippen molar-refractivity contribution >= 4 is 53.2 Å². The first-order valence-electron chi connectivity index (χ1n) is 15.9. The number of nitrogens with one attached hydrogen (secondary N) is 3. The largest absolute Gasteiger partial charge is 0.380 e. The molecule has 19 heteroatoms. The molecule has 3 rings (SSSR count). The highest BCUT2D eigenvalue weighted by Crippen LogP contribution is 2.04. The van der Waals surface area contributed by atoms with Crippen LogP contribution in [0, 0.1) is 0 Å². The first kappa shape index (κ1) is 39.3. The number of hydrogen-bond acceptors (Lipinski definition) is 13. The number of amides is 9. The highest BCUT2D eigenvalue weighted by Gasteiger charge is 2.24. The lowest BCUT2D eigenvalue weighted by atomic mass is 10.4. The van der Waals surface area contributed by atoms with Crippen molar-refractivity contribution in [1.29, 1.82) is 0 Å². The van der Waals surface area contributed by atoms with Gasteiger partial charge in [0.1, 0.15) is 13.5 Å². The molecule has 0 spiro atoms. The van der Waals surface area contributed by atoms with Crippen molar-refractivity contribution in [2.45, 2.75) is 19.3 Å². The molecule has 50 heavy (non-hydrogen) atoms. The zero-order chi connectivity index (χ0) is 36.3. The van der Waals surface area contributed by atoms with Crippen LogP contribution in [0.2, 0.25) is 0 Å². The van der Waals surface area contributed by atoms with Gasteiger partial charge in [-0.2, -0.15) is 0 Å². The quantitative estimate of drug-likeness (QED) is 0.0478. The molecule has 0 saturated heterocycles. The topological polar surface area (TPSA) is 230 Å². The monoisotopic (exact) mass is 703 g/mol. The van der Waals surface area contributed by atoms with Gasteiger partial charge in [0.2, 0.25) is 17.7 Å². The van der Waals surface area contributed by atoms with E-state index in [9.17, 15) is 43.2 Å². The molecule has 0 saturated carbocycles. The molecule has 3 heterocycles. The zero-order valence-electron chi connectivity index (χ0n) is 27.5. The minimum atomic E-state index is -0.434. The average molecular weight is 704 g/mol. The third-order valence-electron chi connectivity index (χ3n) is 7.19. The maximum absolute atomic E-state index is 12.1. The summed E-state index contributed by atoms with van der Waals surface area (Å²) < 4.78 is 16.8. The molecule has 19 nitrogen and oxygen atoms in total. The predicted molar refractivity (Wildman–Crippen MR) is 170 cm³/mol. The van der Waals surface area contributed by atoms with Crippen LogP contribution in [-0.4, -0.2) is 158 Å². The van der Waals surface area contributed by atoms with Gasteiger partial charge in [0.25, 0.3) is 35.4 Å². The van der Waals surface area contributed by atoms with Crippen molar-refractivity contribution in [3.63, 3.8) is 0 Å². The van der Waals surface area contributed by atoms with E-state index in [4.69, 9.17) is 14.2 Å². The third kappa shape index (κ3) is 13.8. The lowest BCUT2D eigenvalue weighted by molar-refractivity contribution is -0.138. The van der Waals surface area contributed by atoms with E-state index in [1.165, 1.54) is 12.2 Å². The van der Waals surface area contributed by atoms with Gasteiger partial charge < -0.3 is 30.2 Å². The minimum Gasteiger partial charge on any atom is -0.380 e. The van der Waals surface area contributed by atoms with Crippen molar-refractivity contribution in [2.24, 2.45) is 0 Å². The van der Waals surface area contributed by atoms with E-state index >= 15 is 0 Å². The molecule has 3 aliphatic heterocycles. The molecule has 272 valence electrons. The number of carbonyl (C=O) groups is 9. The second kappa shape index (κ2) is 21.1. The SMILES string of the molecule is O=C(CCOCCN(COCCC(=O)NCCN1C(=O)C=CC1=O)COCCC(=O)NCCN1C(=O)C=CC1=O)NCCN1C(=O)C=CC1=O. The van der Waals surface area contributed by atoms with Crippen LogP contribution >= 0.6 is 0 Å². The van der Waals surface area contributed by atoms with E-state index in [1.54, 1.807) is 4.90 Å². The Morgan fingerprint density at radius 1 is 0.480 bits per heavy atom. The van der Waals surface area contributed by atoms with E-state index in [-0.39, 0.29) is 116 Å². The standard InChI is InChI=1S/C31H41N7O12/c39-23(32-10-13-36-26(42)1-2-27(36)43)7-17-48-20-16-35(21-49-18-8-24(40)33-11-14-37-28(44)3-4-29(37)45)22-50-19-9-25(41)34-12-15-38-30(46)5-6-31(38)47/h1-6H,7-22H2,(H,32,39)(H,33,40)(H,34,41). The summed E-state index contributed by atoms with van der Waals surface area (Å²) in [5.74, 6) is -3.58.